The van der Waals surface area contributed by atoms with Gasteiger partial charge >= 0.3 is 11.7 Å². The third-order valence-corrected chi connectivity index (χ3v) is 5.58. The van der Waals surface area contributed by atoms with Crippen LogP contribution in [0, 0.1) is 6.92 Å². The number of nitrogens with zero attached hydrogens (tertiary/aromatic N) is 2. The number of carboxylic acids is 1. The highest BCUT2D eigenvalue weighted by atomic mass is 32.1. The fourth-order valence-electron chi connectivity index (χ4n) is 2.98. The number of aromatic carboxylic acids is 1. The number of carboxylic acid groups (broad SMARTS) is 1. The Morgan fingerprint density at radius 3 is 2.42 bits per heavy atom. The molecular formula is C18H18N2O5S. The van der Waals surface area contributed by atoms with Crippen LogP contribution >= 0.6 is 11.3 Å². The predicted octanol–water partition coefficient (Wildman–Crippen LogP) is 1.47. The zero-order chi connectivity index (χ0) is 18.8. The monoisotopic (exact) mass is 374 g/mol. The van der Waals surface area contributed by atoms with Gasteiger partial charge in [-0.3, -0.25) is 13.9 Å². The van der Waals surface area contributed by atoms with Crippen LogP contribution in [0.4, 0.5) is 0 Å². The van der Waals surface area contributed by atoms with E-state index in [0.717, 1.165) is 21.5 Å². The fourth-order valence-corrected chi connectivity index (χ4v) is 4.14. The van der Waals surface area contributed by atoms with Gasteiger partial charge in [0.15, 0.2) is 0 Å². The van der Waals surface area contributed by atoms with E-state index in [-0.39, 0.29) is 23.4 Å². The molecule has 3 aromatic rings. The van der Waals surface area contributed by atoms with E-state index >= 15 is 0 Å². The zero-order valence-corrected chi connectivity index (χ0v) is 15.0. The highest BCUT2D eigenvalue weighted by Crippen LogP contribution is 2.27. The van der Waals surface area contributed by atoms with E-state index in [2.05, 4.69) is 0 Å². The normalized spacial score (nSPS) is 11.2. The molecule has 2 heterocycles. The highest BCUT2D eigenvalue weighted by molar-refractivity contribution is 7.20. The van der Waals surface area contributed by atoms with Gasteiger partial charge in [0, 0.05) is 6.54 Å². The van der Waals surface area contributed by atoms with Gasteiger partial charge in [-0.2, -0.15) is 0 Å². The number of aliphatic hydroxyl groups is 1. The van der Waals surface area contributed by atoms with E-state index in [4.69, 9.17) is 0 Å². The van der Waals surface area contributed by atoms with Gasteiger partial charge in [-0.05, 0) is 24.5 Å². The largest absolute Gasteiger partial charge is 0.477 e. The molecule has 2 aromatic heterocycles. The molecule has 136 valence electrons. The van der Waals surface area contributed by atoms with Crippen LogP contribution in [-0.4, -0.2) is 31.9 Å². The average molecular weight is 374 g/mol. The minimum atomic E-state index is -1.13. The lowest BCUT2D eigenvalue weighted by molar-refractivity contribution is 0.0701. The Labute approximate surface area is 152 Å². The second-order valence-electron chi connectivity index (χ2n) is 5.89. The molecular weight excluding hydrogens is 356 g/mol. The van der Waals surface area contributed by atoms with Crippen LogP contribution in [0.25, 0.3) is 10.2 Å². The van der Waals surface area contributed by atoms with E-state index < -0.39 is 17.2 Å². The molecule has 0 unspecified atom stereocenters. The summed E-state index contributed by atoms with van der Waals surface area (Å²) in [6.45, 7) is 1.40. The van der Waals surface area contributed by atoms with Gasteiger partial charge in [0.2, 0.25) is 0 Å². The average Bonchev–Trinajstić information content (AvgIpc) is 2.97. The second-order valence-corrected chi connectivity index (χ2v) is 6.89. The SMILES string of the molecule is Cc1c(C(=O)O)sc2c1c(=O)n(CCO)c(=O)n2CCc1ccccc1. The van der Waals surface area contributed by atoms with Crippen LogP contribution in [0.3, 0.4) is 0 Å². The predicted molar refractivity (Wildman–Crippen MR) is 99.3 cm³/mol. The molecule has 0 amide bonds. The molecule has 1 aromatic carbocycles. The molecule has 0 spiro atoms. The maximum absolute atomic E-state index is 12.8. The lowest BCUT2D eigenvalue weighted by atomic mass is 10.1. The number of aliphatic hydroxyl groups excluding tert-OH is 1. The molecule has 0 saturated carbocycles. The molecule has 0 aliphatic heterocycles. The van der Waals surface area contributed by atoms with Crippen molar-refractivity contribution in [1.82, 2.24) is 9.13 Å². The zero-order valence-electron chi connectivity index (χ0n) is 14.1. The number of aryl methyl sites for hydroxylation is 3. The van der Waals surface area contributed by atoms with Crippen molar-refractivity contribution in [2.45, 2.75) is 26.4 Å². The Hall–Kier alpha value is -2.71. The number of rotatable bonds is 6. The summed E-state index contributed by atoms with van der Waals surface area (Å²) in [5, 5.41) is 18.8. The first kappa shape index (κ1) is 18.1. The summed E-state index contributed by atoms with van der Waals surface area (Å²) in [7, 11) is 0. The van der Waals surface area contributed by atoms with Crippen LogP contribution in [-0.2, 0) is 19.5 Å². The molecule has 7 nitrogen and oxygen atoms in total. The number of hydrogen-bond donors (Lipinski definition) is 2. The number of carbonyl (C=O) groups is 1. The molecule has 0 aliphatic rings. The van der Waals surface area contributed by atoms with Crippen molar-refractivity contribution in [2.75, 3.05) is 6.61 Å². The number of benzene rings is 1. The van der Waals surface area contributed by atoms with Crippen molar-refractivity contribution in [1.29, 1.82) is 0 Å². The number of fused-ring (bicyclic) bond motifs is 1. The smallest absolute Gasteiger partial charge is 0.346 e. The van der Waals surface area contributed by atoms with Crippen LogP contribution in [0.15, 0.2) is 39.9 Å². The molecule has 0 bridgehead atoms. The molecule has 2 N–H and O–H groups in total. The Balaban J connectivity index is 2.22. The van der Waals surface area contributed by atoms with E-state index in [1.807, 2.05) is 30.3 Å². The highest BCUT2D eigenvalue weighted by Gasteiger charge is 2.22. The Kier molecular flexibility index (Phi) is 5.06. The molecule has 8 heteroatoms. The Morgan fingerprint density at radius 2 is 1.81 bits per heavy atom. The second kappa shape index (κ2) is 7.27. The topological polar surface area (TPSA) is 102 Å². The molecule has 26 heavy (non-hydrogen) atoms. The van der Waals surface area contributed by atoms with Gasteiger partial charge in [0.25, 0.3) is 5.56 Å². The summed E-state index contributed by atoms with van der Waals surface area (Å²) in [5.74, 6) is -1.13. The fraction of sp³-hybridized carbons (Fsp3) is 0.278. The maximum Gasteiger partial charge on any atom is 0.346 e. The van der Waals surface area contributed by atoms with Gasteiger partial charge in [-0.25, -0.2) is 9.59 Å². The molecule has 0 saturated heterocycles. The lowest BCUT2D eigenvalue weighted by Crippen LogP contribution is -2.40. The van der Waals surface area contributed by atoms with Crippen LogP contribution in [0.5, 0.6) is 0 Å². The van der Waals surface area contributed by atoms with Crippen molar-refractivity contribution in [3.05, 3.63) is 67.2 Å². The number of hydrogen-bond acceptors (Lipinski definition) is 5. The first-order chi connectivity index (χ1) is 12.5. The first-order valence-electron chi connectivity index (χ1n) is 8.10. The lowest BCUT2D eigenvalue weighted by Gasteiger charge is -2.11. The summed E-state index contributed by atoms with van der Waals surface area (Å²) in [6, 6.07) is 9.58. The van der Waals surface area contributed by atoms with Gasteiger partial charge < -0.3 is 10.2 Å². The van der Waals surface area contributed by atoms with Crippen LogP contribution in [0.2, 0.25) is 0 Å². The summed E-state index contributed by atoms with van der Waals surface area (Å²) in [4.78, 5) is 37.3. The number of thiophene rings is 1. The minimum absolute atomic E-state index is 0.0479. The molecule has 0 atom stereocenters. The summed E-state index contributed by atoms with van der Waals surface area (Å²) in [5.41, 5.74) is 0.281. The molecule has 3 rings (SSSR count). The van der Waals surface area contributed by atoms with Gasteiger partial charge in [0.1, 0.15) is 9.71 Å². The standard InChI is InChI=1S/C18H18N2O5S/c1-11-13-15(22)19(9-10-21)18(25)20(16(13)26-14(11)17(23)24)8-7-12-5-3-2-4-6-12/h2-6,21H,7-10H2,1H3,(H,23,24). The maximum atomic E-state index is 12.8. The quantitative estimate of drug-likeness (QED) is 0.680. The van der Waals surface area contributed by atoms with E-state index in [1.165, 1.54) is 4.57 Å². The third kappa shape index (κ3) is 3.09. The van der Waals surface area contributed by atoms with Crippen molar-refractivity contribution in [3.63, 3.8) is 0 Å². The van der Waals surface area contributed by atoms with Crippen molar-refractivity contribution >= 4 is 27.5 Å². The van der Waals surface area contributed by atoms with Crippen molar-refractivity contribution < 1.29 is 15.0 Å². The molecule has 0 fully saturated rings. The van der Waals surface area contributed by atoms with Gasteiger partial charge in [-0.15, -0.1) is 11.3 Å². The molecule has 0 aliphatic carbocycles. The van der Waals surface area contributed by atoms with Crippen molar-refractivity contribution in [2.24, 2.45) is 0 Å². The third-order valence-electron chi connectivity index (χ3n) is 4.28. The summed E-state index contributed by atoms with van der Waals surface area (Å²) >= 11 is 0.936. The summed E-state index contributed by atoms with van der Waals surface area (Å²) < 4.78 is 2.40. The van der Waals surface area contributed by atoms with E-state index in [1.54, 1.807) is 6.92 Å². The van der Waals surface area contributed by atoms with Crippen LogP contribution in [0.1, 0.15) is 20.8 Å². The molecule has 0 radical (unpaired) electrons. The van der Waals surface area contributed by atoms with Crippen molar-refractivity contribution in [3.8, 4) is 0 Å². The number of aromatic nitrogens is 2. The Morgan fingerprint density at radius 1 is 1.12 bits per heavy atom. The van der Waals surface area contributed by atoms with Gasteiger partial charge in [0.05, 0.1) is 18.5 Å². The first-order valence-corrected chi connectivity index (χ1v) is 8.92. The van der Waals surface area contributed by atoms with Crippen LogP contribution < -0.4 is 11.2 Å². The Bertz CT molecular complexity index is 1080. The summed E-state index contributed by atoms with van der Waals surface area (Å²) in [6.07, 6.45) is 0.562. The van der Waals surface area contributed by atoms with E-state index in [9.17, 15) is 24.6 Å². The minimum Gasteiger partial charge on any atom is -0.477 e. The van der Waals surface area contributed by atoms with E-state index in [0.29, 0.717) is 23.4 Å². The van der Waals surface area contributed by atoms with Gasteiger partial charge in [-0.1, -0.05) is 30.3 Å².